The molecule has 8 heteroatoms. The van der Waals surface area contributed by atoms with Crippen LogP contribution in [-0.4, -0.2) is 30.1 Å². The number of ether oxygens (including phenoxy) is 1. The van der Waals surface area contributed by atoms with Crippen LogP contribution in [0.2, 0.25) is 0 Å². The van der Waals surface area contributed by atoms with Crippen molar-refractivity contribution < 1.29 is 4.74 Å². The largest absolute Gasteiger partial charge is 0.458 e. The van der Waals surface area contributed by atoms with Crippen LogP contribution in [0.5, 0.6) is 11.5 Å². The molecule has 6 aliphatic heterocycles. The molecule has 10 aromatic carbocycles. The highest BCUT2D eigenvalue weighted by Crippen LogP contribution is 2.53. The van der Waals surface area contributed by atoms with Gasteiger partial charge in [0.15, 0.2) is 0 Å². The van der Waals surface area contributed by atoms with Gasteiger partial charge in [-0.05, 0) is 156 Å². The van der Waals surface area contributed by atoms with Crippen molar-refractivity contribution in [2.75, 3.05) is 19.6 Å². The van der Waals surface area contributed by atoms with Crippen LogP contribution in [0.4, 0.5) is 56.9 Å². The molecule has 8 aliphatic rings. The van der Waals surface area contributed by atoms with Crippen molar-refractivity contribution in [1.82, 2.24) is 4.57 Å². The number of nitrogens with zero attached hydrogens (tertiary/aromatic N) is 5. The lowest BCUT2D eigenvalue weighted by Crippen LogP contribution is -2.64. The van der Waals surface area contributed by atoms with Gasteiger partial charge >= 0.3 is 0 Å². The van der Waals surface area contributed by atoms with Crippen LogP contribution in [0.15, 0.2) is 224 Å². The standard InChI is InChI=1S/C69H51B2N5O/c1-4-18-45(19-5-1)73-60-30-16-12-26-54(60)70-56-41-57-66(42-62(56)75(47-22-8-3-9-23-47)64-38-50(37-63(73)68(64)70)76-58-28-14-10-24-52(58)53-25-11-15-29-59(53)76)77-67-40-51(72-48-33-43-32-44(35-48)36-49(72)34-43)39-65-69(67)71(57)55-27-13-17-31-61(55)74(65)46-20-6-2-7-21-46/h1-31,37-44,48-49H,32-36H2. The molecule has 2 saturated carbocycles. The normalized spacial score (nSPS) is 19.6. The Balaban J connectivity index is 0.916. The number of anilines is 10. The fourth-order valence-corrected chi connectivity index (χ4v) is 16.1. The smallest absolute Gasteiger partial charge is 0.256 e. The van der Waals surface area contributed by atoms with Crippen molar-refractivity contribution in [2.24, 2.45) is 11.8 Å². The van der Waals surface area contributed by atoms with Gasteiger partial charge in [0, 0.05) is 91.9 Å². The lowest BCUT2D eigenvalue weighted by atomic mass is 9.30. The molecular formula is C69H51B2N5O. The molecule has 19 rings (SSSR count). The molecule has 77 heavy (non-hydrogen) atoms. The van der Waals surface area contributed by atoms with E-state index in [0.717, 1.165) is 51.8 Å². The molecule has 0 N–H and O–H groups in total. The third-order valence-corrected chi connectivity index (χ3v) is 18.8. The van der Waals surface area contributed by atoms with Gasteiger partial charge in [-0.25, -0.2) is 0 Å². The second kappa shape index (κ2) is 15.8. The van der Waals surface area contributed by atoms with Gasteiger partial charge in [-0.1, -0.05) is 133 Å². The average molecular weight is 988 g/mol. The van der Waals surface area contributed by atoms with E-state index in [1.807, 2.05) is 0 Å². The number of benzene rings is 10. The van der Waals surface area contributed by atoms with E-state index in [1.54, 1.807) is 0 Å². The summed E-state index contributed by atoms with van der Waals surface area (Å²) in [5, 5.41) is 2.49. The zero-order valence-corrected chi connectivity index (χ0v) is 42.5. The number of para-hydroxylation sites is 7. The number of piperidine rings is 2. The van der Waals surface area contributed by atoms with Gasteiger partial charge in [0.1, 0.15) is 11.5 Å². The molecular weight excluding hydrogens is 936 g/mol. The molecule has 0 atom stereocenters. The molecule has 0 radical (unpaired) electrons. The van der Waals surface area contributed by atoms with Crippen LogP contribution in [-0.2, 0) is 0 Å². The molecule has 6 nitrogen and oxygen atoms in total. The maximum atomic E-state index is 7.68. The van der Waals surface area contributed by atoms with Gasteiger partial charge < -0.3 is 28.9 Å². The second-order valence-corrected chi connectivity index (χ2v) is 22.8. The van der Waals surface area contributed by atoms with Crippen LogP contribution in [0.3, 0.4) is 0 Å². The Kier molecular flexibility index (Phi) is 8.72. The molecule has 7 heterocycles. The van der Waals surface area contributed by atoms with Gasteiger partial charge in [0.2, 0.25) is 0 Å². The molecule has 0 unspecified atom stereocenters. The van der Waals surface area contributed by atoms with E-state index in [9.17, 15) is 0 Å². The van der Waals surface area contributed by atoms with Gasteiger partial charge in [-0.3, -0.25) is 0 Å². The SMILES string of the molecule is c1ccc(N2c3ccccc3B3c4cc5c(cc4Oc4cc(N6C7CC8CC(C7)CC6C8)cc2c43)N(c2ccccc2)c2cc(-n3c4ccccc4c4ccccc43)cc3c2B5c2ccccc2N3c2ccccc2)cc1. The second-order valence-electron chi connectivity index (χ2n) is 22.8. The summed E-state index contributed by atoms with van der Waals surface area (Å²) in [6.45, 7) is -0.146. The zero-order chi connectivity index (χ0) is 50.0. The highest BCUT2D eigenvalue weighted by atomic mass is 16.5. The molecule has 4 bridgehead atoms. The summed E-state index contributed by atoms with van der Waals surface area (Å²) >= 11 is 0. The maximum Gasteiger partial charge on any atom is 0.256 e. The molecule has 0 spiro atoms. The highest BCUT2D eigenvalue weighted by Gasteiger charge is 2.50. The first-order chi connectivity index (χ1) is 38.2. The quantitative estimate of drug-likeness (QED) is 0.160. The third kappa shape index (κ3) is 5.93. The Labute approximate surface area is 449 Å². The summed E-state index contributed by atoms with van der Waals surface area (Å²) in [7, 11) is 0. The molecule has 11 aromatic rings. The molecule has 4 fully saturated rings. The third-order valence-electron chi connectivity index (χ3n) is 18.8. The van der Waals surface area contributed by atoms with Crippen molar-refractivity contribution in [3.05, 3.63) is 224 Å². The average Bonchev–Trinajstić information content (AvgIpc) is 3.91. The monoisotopic (exact) mass is 987 g/mol. The van der Waals surface area contributed by atoms with Crippen LogP contribution in [0.25, 0.3) is 27.5 Å². The van der Waals surface area contributed by atoms with E-state index in [1.165, 1.54) is 121 Å². The van der Waals surface area contributed by atoms with E-state index < -0.39 is 0 Å². The van der Waals surface area contributed by atoms with Crippen LogP contribution in [0, 0.1) is 11.8 Å². The fourth-order valence-electron chi connectivity index (χ4n) is 16.1. The Morgan fingerprint density at radius 1 is 0.325 bits per heavy atom. The Hall–Kier alpha value is -8.87. The van der Waals surface area contributed by atoms with Gasteiger partial charge in [0.25, 0.3) is 13.4 Å². The van der Waals surface area contributed by atoms with Crippen LogP contribution < -0.4 is 57.1 Å². The summed E-state index contributed by atoms with van der Waals surface area (Å²) in [4.78, 5) is 10.4. The molecule has 364 valence electrons. The number of rotatable bonds is 5. The number of aromatic nitrogens is 1. The maximum absolute atomic E-state index is 7.68. The van der Waals surface area contributed by atoms with E-state index in [4.69, 9.17) is 4.74 Å². The predicted octanol–water partition coefficient (Wildman–Crippen LogP) is 13.0. The summed E-state index contributed by atoms with van der Waals surface area (Å²) < 4.78 is 10.2. The van der Waals surface area contributed by atoms with Crippen molar-refractivity contribution in [2.45, 2.75) is 44.2 Å². The van der Waals surface area contributed by atoms with E-state index in [-0.39, 0.29) is 13.4 Å². The highest BCUT2D eigenvalue weighted by molar-refractivity contribution is 7.02. The van der Waals surface area contributed by atoms with Gasteiger partial charge in [-0.2, -0.15) is 0 Å². The van der Waals surface area contributed by atoms with E-state index in [0.29, 0.717) is 12.1 Å². The lowest BCUT2D eigenvalue weighted by molar-refractivity contribution is 0.0900. The first-order valence-electron chi connectivity index (χ1n) is 27.9. The Morgan fingerprint density at radius 3 is 1.34 bits per heavy atom. The predicted molar refractivity (Wildman–Crippen MR) is 321 cm³/mol. The van der Waals surface area contributed by atoms with Crippen LogP contribution in [0.1, 0.15) is 32.1 Å². The fraction of sp³-hybridized carbons (Fsp3) is 0.130. The zero-order valence-electron chi connectivity index (χ0n) is 42.5. The molecule has 2 aliphatic carbocycles. The van der Waals surface area contributed by atoms with Crippen molar-refractivity contribution in [3.8, 4) is 17.2 Å². The van der Waals surface area contributed by atoms with Crippen LogP contribution >= 0.6 is 0 Å². The summed E-state index contributed by atoms with van der Waals surface area (Å²) in [5.74, 6) is 3.62. The lowest BCUT2D eigenvalue weighted by Gasteiger charge is -2.57. The first kappa shape index (κ1) is 42.4. The summed E-state index contributed by atoms with van der Waals surface area (Å²) in [5.41, 5.74) is 22.9. The Morgan fingerprint density at radius 2 is 0.779 bits per heavy atom. The van der Waals surface area contributed by atoms with Crippen molar-refractivity contribution >= 4 is 125 Å². The van der Waals surface area contributed by atoms with E-state index in [2.05, 4.69) is 249 Å². The van der Waals surface area contributed by atoms with Crippen molar-refractivity contribution in [1.29, 1.82) is 0 Å². The number of hydrogen-bond acceptors (Lipinski definition) is 5. The minimum absolute atomic E-state index is 0.0591. The number of hydrogen-bond donors (Lipinski definition) is 0. The molecule has 2 saturated heterocycles. The first-order valence-corrected chi connectivity index (χ1v) is 27.9. The van der Waals surface area contributed by atoms with Gasteiger partial charge in [0.05, 0.1) is 16.7 Å². The molecule has 1 aromatic heterocycles. The minimum atomic E-state index is -0.0868. The van der Waals surface area contributed by atoms with Crippen molar-refractivity contribution in [3.63, 3.8) is 0 Å². The van der Waals surface area contributed by atoms with Gasteiger partial charge in [-0.15, -0.1) is 0 Å². The summed E-state index contributed by atoms with van der Waals surface area (Å²) in [6, 6.07) is 85.2. The number of fused-ring (bicyclic) bond motifs is 11. The van der Waals surface area contributed by atoms with E-state index >= 15 is 0 Å². The molecule has 0 amide bonds. The minimum Gasteiger partial charge on any atom is -0.458 e. The summed E-state index contributed by atoms with van der Waals surface area (Å²) in [6.07, 6.45) is 6.62. The Bertz CT molecular complexity index is 4190. The topological polar surface area (TPSA) is 27.1 Å².